The lowest BCUT2D eigenvalue weighted by Crippen LogP contribution is -2.15. The van der Waals surface area contributed by atoms with Gasteiger partial charge in [-0.1, -0.05) is 0 Å². The summed E-state index contributed by atoms with van der Waals surface area (Å²) in [5.41, 5.74) is -3.29. The second-order valence-corrected chi connectivity index (χ2v) is 5.97. The van der Waals surface area contributed by atoms with Gasteiger partial charge in [-0.3, -0.25) is 0 Å². The third-order valence-corrected chi connectivity index (χ3v) is 4.73. The van der Waals surface area contributed by atoms with E-state index < -0.39 is 79.8 Å². The Morgan fingerprint density at radius 2 is 0.500 bits per heavy atom. The van der Waals surface area contributed by atoms with Crippen molar-refractivity contribution >= 4 is 25.3 Å². The molecule has 0 aromatic heterocycles. The van der Waals surface area contributed by atoms with Crippen molar-refractivity contribution < 1.29 is 43.9 Å². The van der Waals surface area contributed by atoms with E-state index in [2.05, 4.69) is 25.3 Å². The Hall–Kier alpha value is -1.56. The first-order valence-electron chi connectivity index (χ1n) is 6.32. The highest BCUT2D eigenvalue weighted by Crippen LogP contribution is 2.44. The van der Waals surface area contributed by atoms with Gasteiger partial charge in [-0.15, -0.1) is 0 Å². The number of benzene rings is 2. The minimum absolute atomic E-state index is 1.64. The van der Waals surface area contributed by atoms with Gasteiger partial charge < -0.3 is 0 Å². The summed E-state index contributed by atoms with van der Waals surface area (Å²) in [5.74, 6) is -24.1. The fourth-order valence-corrected chi connectivity index (χ4v) is 2.83. The smallest absolute Gasteiger partial charge is 0.200 e. The Morgan fingerprint density at radius 3 is 0.692 bits per heavy atom. The average molecular weight is 426 g/mol. The zero-order chi connectivity index (χ0) is 20.1. The van der Waals surface area contributed by atoms with E-state index in [9.17, 15) is 43.9 Å². The Balaban J connectivity index is 2.69. The van der Waals surface area contributed by atoms with Crippen LogP contribution in [-0.4, -0.2) is 0 Å². The lowest BCUT2D eigenvalue weighted by Gasteiger charge is -2.22. The van der Waals surface area contributed by atoms with E-state index in [0.717, 1.165) is 0 Å². The van der Waals surface area contributed by atoms with E-state index in [4.69, 9.17) is 0 Å². The zero-order valence-corrected chi connectivity index (χ0v) is 13.6. The van der Waals surface area contributed by atoms with Gasteiger partial charge in [0.1, 0.15) is 0 Å². The maximum atomic E-state index is 13.8. The summed E-state index contributed by atoms with van der Waals surface area (Å²) in [6, 6.07) is 0. The molecular formula is C14H4F10S2. The number of rotatable bonds is 3. The van der Waals surface area contributed by atoms with E-state index in [1.54, 1.807) is 0 Å². The van der Waals surface area contributed by atoms with Crippen LogP contribution in [0.3, 0.4) is 0 Å². The summed E-state index contributed by atoms with van der Waals surface area (Å²) >= 11 is 7.00. The van der Waals surface area contributed by atoms with E-state index in [-0.39, 0.29) is 0 Å². The zero-order valence-electron chi connectivity index (χ0n) is 11.8. The highest BCUT2D eigenvalue weighted by atomic mass is 32.1. The molecule has 0 radical (unpaired) electrons. The van der Waals surface area contributed by atoms with Gasteiger partial charge in [0.2, 0.25) is 11.6 Å². The first-order chi connectivity index (χ1) is 11.9. The molecule has 0 fully saturated rings. The maximum absolute atomic E-state index is 13.8. The molecule has 2 unspecified atom stereocenters. The van der Waals surface area contributed by atoms with Crippen molar-refractivity contribution in [1.29, 1.82) is 0 Å². The number of hydrogen-bond acceptors (Lipinski definition) is 2. The van der Waals surface area contributed by atoms with Gasteiger partial charge in [-0.05, 0) is 0 Å². The lowest BCUT2D eigenvalue weighted by molar-refractivity contribution is 0.362. The van der Waals surface area contributed by atoms with Crippen molar-refractivity contribution in [2.24, 2.45) is 0 Å². The molecule has 0 aliphatic heterocycles. The molecule has 0 heterocycles. The Bertz CT molecular complexity index is 767. The summed E-state index contributed by atoms with van der Waals surface area (Å²) in [6.45, 7) is 0. The van der Waals surface area contributed by atoms with Crippen LogP contribution in [0.25, 0.3) is 0 Å². The monoisotopic (exact) mass is 426 g/mol. The molecule has 12 heteroatoms. The van der Waals surface area contributed by atoms with Crippen LogP contribution < -0.4 is 0 Å². The van der Waals surface area contributed by atoms with Crippen molar-refractivity contribution in [3.8, 4) is 0 Å². The molecule has 0 nitrogen and oxygen atoms in total. The van der Waals surface area contributed by atoms with Gasteiger partial charge in [-0.25, -0.2) is 43.9 Å². The predicted molar refractivity (Wildman–Crippen MR) is 75.9 cm³/mol. The summed E-state index contributed by atoms with van der Waals surface area (Å²) in [6.07, 6.45) is 0. The van der Waals surface area contributed by atoms with Gasteiger partial charge in [0.05, 0.1) is 0 Å². The molecule has 142 valence electrons. The SMILES string of the molecule is Fc1c(F)c(F)c(C(S)C(S)c2c(F)c(F)c(F)c(F)c2F)c(F)c1F. The van der Waals surface area contributed by atoms with Crippen LogP contribution in [0.1, 0.15) is 21.6 Å². The topological polar surface area (TPSA) is 0 Å². The molecule has 2 atom stereocenters. The Kier molecular flexibility index (Phi) is 5.76. The molecular weight excluding hydrogens is 422 g/mol. The van der Waals surface area contributed by atoms with E-state index >= 15 is 0 Å². The first kappa shape index (κ1) is 20.7. The lowest BCUT2D eigenvalue weighted by atomic mass is 10.00. The molecule has 0 aliphatic carbocycles. The molecule has 26 heavy (non-hydrogen) atoms. The maximum Gasteiger partial charge on any atom is 0.200 e. The molecule has 0 N–H and O–H groups in total. The Labute approximate surface area is 149 Å². The molecule has 0 amide bonds. The van der Waals surface area contributed by atoms with Crippen molar-refractivity contribution in [2.45, 2.75) is 10.5 Å². The first-order valence-corrected chi connectivity index (χ1v) is 7.35. The molecule has 2 aromatic carbocycles. The molecule has 0 saturated heterocycles. The molecule has 0 aliphatic rings. The summed E-state index contributed by atoms with van der Waals surface area (Å²) in [5, 5.41) is -4.53. The van der Waals surface area contributed by atoms with Crippen LogP contribution in [0, 0.1) is 58.2 Å². The van der Waals surface area contributed by atoms with E-state index in [1.165, 1.54) is 0 Å². The van der Waals surface area contributed by atoms with Crippen molar-refractivity contribution in [3.05, 3.63) is 69.3 Å². The minimum atomic E-state index is -2.50. The van der Waals surface area contributed by atoms with Crippen LogP contribution in [0.15, 0.2) is 0 Å². The fraction of sp³-hybridized carbons (Fsp3) is 0.143. The number of thiol groups is 2. The average Bonchev–Trinajstić information content (AvgIpc) is 2.61. The van der Waals surface area contributed by atoms with Crippen LogP contribution in [0.5, 0.6) is 0 Å². The highest BCUT2D eigenvalue weighted by Gasteiger charge is 2.36. The van der Waals surface area contributed by atoms with Gasteiger partial charge >= 0.3 is 0 Å². The summed E-state index contributed by atoms with van der Waals surface area (Å²) in [4.78, 5) is 0. The highest BCUT2D eigenvalue weighted by molar-refractivity contribution is 7.84. The van der Waals surface area contributed by atoms with E-state index in [0.29, 0.717) is 0 Å². The molecule has 0 bridgehead atoms. The largest absolute Gasteiger partial charge is 0.203 e. The Morgan fingerprint density at radius 1 is 0.346 bits per heavy atom. The van der Waals surface area contributed by atoms with Gasteiger partial charge in [-0.2, -0.15) is 25.3 Å². The van der Waals surface area contributed by atoms with Crippen LogP contribution >= 0.6 is 25.3 Å². The minimum Gasteiger partial charge on any atom is -0.203 e. The number of halogens is 10. The van der Waals surface area contributed by atoms with Gasteiger partial charge in [0.25, 0.3) is 0 Å². The molecule has 0 spiro atoms. The second kappa shape index (κ2) is 7.22. The van der Waals surface area contributed by atoms with E-state index in [1.807, 2.05) is 0 Å². The second-order valence-electron chi connectivity index (χ2n) is 4.86. The number of hydrogen-bond donors (Lipinski definition) is 2. The standard InChI is InChI=1S/C14H4F10S2/c15-3-1(4(16)8(20)11(23)7(3)19)13(25)14(26)2-5(17)9(21)12(24)10(22)6(2)18/h13-14,25-26H. The van der Waals surface area contributed by atoms with Crippen molar-refractivity contribution in [3.63, 3.8) is 0 Å². The quantitative estimate of drug-likeness (QED) is 0.267. The summed E-state index contributed by atoms with van der Waals surface area (Å²) < 4.78 is 134. The fourth-order valence-electron chi connectivity index (χ4n) is 2.08. The third-order valence-electron chi connectivity index (χ3n) is 3.38. The molecule has 2 aromatic rings. The third kappa shape index (κ3) is 3.02. The predicted octanol–water partition coefficient (Wildman–Crippen LogP) is 5.72. The van der Waals surface area contributed by atoms with Gasteiger partial charge in [0, 0.05) is 21.6 Å². The molecule has 0 saturated carbocycles. The molecule has 2 rings (SSSR count). The van der Waals surface area contributed by atoms with Crippen LogP contribution in [0.2, 0.25) is 0 Å². The summed E-state index contributed by atoms with van der Waals surface area (Å²) in [7, 11) is 0. The normalized spacial score (nSPS) is 13.8. The van der Waals surface area contributed by atoms with Crippen LogP contribution in [0.4, 0.5) is 43.9 Å². The van der Waals surface area contributed by atoms with Crippen LogP contribution in [-0.2, 0) is 0 Å². The van der Waals surface area contributed by atoms with Crippen molar-refractivity contribution in [2.75, 3.05) is 0 Å². The van der Waals surface area contributed by atoms with Crippen molar-refractivity contribution in [1.82, 2.24) is 0 Å². The van der Waals surface area contributed by atoms with Gasteiger partial charge in [0.15, 0.2) is 46.5 Å².